The molecule has 0 unspecified atom stereocenters. The molecule has 0 saturated carbocycles. The highest BCUT2D eigenvalue weighted by atomic mass is 35.5. The molecule has 204 valence electrons. The summed E-state index contributed by atoms with van der Waals surface area (Å²) in [6, 6.07) is 15.5. The molecule has 2 aliphatic heterocycles. The highest BCUT2D eigenvalue weighted by molar-refractivity contribution is 6.30. The van der Waals surface area contributed by atoms with E-state index in [2.05, 4.69) is 9.67 Å². The van der Waals surface area contributed by atoms with Crippen molar-refractivity contribution in [3.63, 3.8) is 0 Å². The van der Waals surface area contributed by atoms with Gasteiger partial charge in [-0.25, -0.2) is 5.01 Å². The third-order valence-corrected chi connectivity index (χ3v) is 7.08. The highest BCUT2D eigenvalue weighted by Gasteiger charge is 2.34. The Morgan fingerprint density at radius 1 is 1.13 bits per heavy atom. The molecule has 2 atom stereocenters. The second-order valence-corrected chi connectivity index (χ2v) is 9.67. The fraction of sp³-hybridized carbons (Fsp3) is 0.345. The molecule has 1 amide bonds. The molecule has 9 nitrogen and oxygen atoms in total. The van der Waals surface area contributed by atoms with Gasteiger partial charge in [0.05, 0.1) is 44.7 Å². The summed E-state index contributed by atoms with van der Waals surface area (Å²) < 4.78 is 25.3. The predicted molar refractivity (Wildman–Crippen MR) is 146 cm³/mol. The number of rotatable bonds is 9. The van der Waals surface area contributed by atoms with Gasteiger partial charge in [0, 0.05) is 28.1 Å². The van der Waals surface area contributed by atoms with Gasteiger partial charge >= 0.3 is 5.97 Å². The Kier molecular flexibility index (Phi) is 7.90. The second kappa shape index (κ2) is 11.5. The lowest BCUT2D eigenvalue weighted by molar-refractivity contribution is -0.148. The van der Waals surface area contributed by atoms with Crippen molar-refractivity contribution in [1.82, 2.24) is 9.58 Å². The van der Waals surface area contributed by atoms with E-state index in [1.165, 1.54) is 5.01 Å². The van der Waals surface area contributed by atoms with E-state index in [0.717, 1.165) is 22.5 Å². The molecule has 0 N–H and O–H groups in total. The Hall–Kier alpha value is -3.82. The predicted octanol–water partition coefficient (Wildman–Crippen LogP) is 5.24. The van der Waals surface area contributed by atoms with Crippen LogP contribution in [0.5, 0.6) is 11.5 Å². The van der Waals surface area contributed by atoms with E-state index in [4.69, 9.17) is 30.5 Å². The van der Waals surface area contributed by atoms with Crippen LogP contribution in [0.3, 0.4) is 0 Å². The molecule has 0 aliphatic carbocycles. The van der Waals surface area contributed by atoms with Crippen LogP contribution in [-0.2, 0) is 19.1 Å². The second-order valence-electron chi connectivity index (χ2n) is 9.23. The molecule has 3 heterocycles. The molecule has 0 spiro atoms. The number of carbonyl (C=O) groups excluding carboxylic acids is 2. The van der Waals surface area contributed by atoms with Gasteiger partial charge < -0.3 is 23.5 Å². The van der Waals surface area contributed by atoms with Crippen molar-refractivity contribution in [2.45, 2.75) is 38.4 Å². The fourth-order valence-corrected chi connectivity index (χ4v) is 5.31. The molecule has 39 heavy (non-hydrogen) atoms. The summed E-state index contributed by atoms with van der Waals surface area (Å²) in [5, 5.41) is 6.18. The van der Waals surface area contributed by atoms with Crippen molar-refractivity contribution >= 4 is 29.2 Å². The number of carbonyl (C=O) groups is 2. The van der Waals surface area contributed by atoms with E-state index in [9.17, 15) is 9.59 Å². The normalized spacial score (nSPS) is 18.2. The van der Waals surface area contributed by atoms with Gasteiger partial charge in [-0.1, -0.05) is 23.7 Å². The maximum atomic E-state index is 12.5. The summed E-state index contributed by atoms with van der Waals surface area (Å²) in [6.45, 7) is 1.79. The van der Waals surface area contributed by atoms with E-state index in [1.807, 2.05) is 54.7 Å². The zero-order chi connectivity index (χ0) is 27.5. The van der Waals surface area contributed by atoms with Crippen LogP contribution >= 0.6 is 11.6 Å². The monoisotopic (exact) mass is 551 g/mol. The van der Waals surface area contributed by atoms with E-state index in [1.54, 1.807) is 21.1 Å². The largest absolute Gasteiger partial charge is 0.493 e. The Labute approximate surface area is 231 Å². The lowest BCUT2D eigenvalue weighted by Crippen LogP contribution is -2.28. The lowest BCUT2D eigenvalue weighted by Gasteiger charge is -2.25. The first-order chi connectivity index (χ1) is 18.9. The number of esters is 1. The Bertz CT molecular complexity index is 1420. The number of ether oxygens (including phenoxy) is 4. The van der Waals surface area contributed by atoms with Crippen LogP contribution in [0.1, 0.15) is 55.2 Å². The van der Waals surface area contributed by atoms with E-state index >= 15 is 0 Å². The molecule has 0 saturated heterocycles. The molecule has 2 aromatic carbocycles. The van der Waals surface area contributed by atoms with Crippen LogP contribution in [-0.4, -0.2) is 54.5 Å². The molecule has 5 rings (SSSR count). The van der Waals surface area contributed by atoms with Crippen LogP contribution < -0.4 is 9.47 Å². The van der Waals surface area contributed by atoms with Crippen molar-refractivity contribution in [2.24, 2.45) is 5.10 Å². The number of benzene rings is 2. The van der Waals surface area contributed by atoms with Gasteiger partial charge in [-0.15, -0.1) is 0 Å². The first kappa shape index (κ1) is 26.8. The lowest BCUT2D eigenvalue weighted by atomic mass is 9.98. The molecule has 0 bridgehead atoms. The first-order valence-electron chi connectivity index (χ1n) is 12.8. The number of amides is 1. The van der Waals surface area contributed by atoms with Crippen molar-refractivity contribution in [3.05, 3.63) is 76.6 Å². The van der Waals surface area contributed by atoms with Gasteiger partial charge in [0.2, 0.25) is 5.91 Å². The minimum absolute atomic E-state index is 0.163. The average Bonchev–Trinajstić information content (AvgIpc) is 3.52. The van der Waals surface area contributed by atoms with Crippen molar-refractivity contribution in [2.75, 3.05) is 27.4 Å². The van der Waals surface area contributed by atoms with Gasteiger partial charge in [0.1, 0.15) is 12.6 Å². The van der Waals surface area contributed by atoms with Gasteiger partial charge in [-0.2, -0.15) is 5.10 Å². The molecule has 3 aromatic rings. The molecule has 0 radical (unpaired) electrons. The molecule has 0 fully saturated rings. The fourth-order valence-electron chi connectivity index (χ4n) is 5.13. The Morgan fingerprint density at radius 2 is 1.97 bits per heavy atom. The number of fused-ring (bicyclic) bond motifs is 3. The summed E-state index contributed by atoms with van der Waals surface area (Å²) in [5.41, 5.74) is 4.32. The molecular weight excluding hydrogens is 522 g/mol. The zero-order valence-corrected chi connectivity index (χ0v) is 22.8. The SMILES string of the molecule is CCOC(=O)CN1N=C(CC[C@H]2O[C@H](c3cccc(OC)c3OC)c3cc(Cl)ccc3-n3cccc32)CC1=O. The van der Waals surface area contributed by atoms with E-state index < -0.39 is 12.1 Å². The van der Waals surface area contributed by atoms with E-state index in [-0.39, 0.29) is 31.6 Å². The van der Waals surface area contributed by atoms with Crippen LogP contribution in [0, 0.1) is 0 Å². The first-order valence-corrected chi connectivity index (χ1v) is 13.2. The van der Waals surface area contributed by atoms with Crippen molar-refractivity contribution in [1.29, 1.82) is 0 Å². The molecule has 2 aliphatic rings. The number of hydrazone groups is 1. The summed E-state index contributed by atoms with van der Waals surface area (Å²) in [7, 11) is 3.21. The summed E-state index contributed by atoms with van der Waals surface area (Å²) in [5.74, 6) is 0.487. The van der Waals surface area contributed by atoms with Crippen molar-refractivity contribution in [3.8, 4) is 17.2 Å². The molecule has 1 aromatic heterocycles. The number of methoxy groups -OCH3 is 2. The number of halogens is 1. The number of hydrogen-bond donors (Lipinski definition) is 0. The van der Waals surface area contributed by atoms with Crippen LogP contribution in [0.2, 0.25) is 5.02 Å². The van der Waals surface area contributed by atoms with Gasteiger partial charge in [-0.05, 0) is 56.2 Å². The Balaban J connectivity index is 1.48. The summed E-state index contributed by atoms with van der Waals surface area (Å²) in [4.78, 5) is 24.3. The number of aromatic nitrogens is 1. The van der Waals surface area contributed by atoms with Gasteiger partial charge in [0.25, 0.3) is 0 Å². The quantitative estimate of drug-likeness (QED) is 0.338. The van der Waals surface area contributed by atoms with Gasteiger partial charge in [0.15, 0.2) is 11.5 Å². The maximum Gasteiger partial charge on any atom is 0.327 e. The summed E-state index contributed by atoms with van der Waals surface area (Å²) in [6.07, 6.45) is 2.38. The minimum atomic E-state index is -0.513. The van der Waals surface area contributed by atoms with Crippen molar-refractivity contribution < 1.29 is 28.5 Å². The maximum absolute atomic E-state index is 12.5. The number of hydrogen-bond acceptors (Lipinski definition) is 7. The van der Waals surface area contributed by atoms with Crippen LogP contribution in [0.15, 0.2) is 59.8 Å². The average molecular weight is 552 g/mol. The minimum Gasteiger partial charge on any atom is -0.493 e. The number of nitrogens with zero attached hydrogens (tertiary/aromatic N) is 3. The number of para-hydroxylation sites is 1. The molecule has 10 heteroatoms. The van der Waals surface area contributed by atoms with Crippen LogP contribution in [0.4, 0.5) is 0 Å². The van der Waals surface area contributed by atoms with E-state index in [0.29, 0.717) is 35.1 Å². The van der Waals surface area contributed by atoms with Crippen LogP contribution in [0.25, 0.3) is 5.69 Å². The summed E-state index contributed by atoms with van der Waals surface area (Å²) >= 11 is 6.48. The third-order valence-electron chi connectivity index (χ3n) is 6.84. The van der Waals surface area contributed by atoms with Gasteiger partial charge in [-0.3, -0.25) is 9.59 Å². The standard InChI is InChI=1S/C29H30ClN3O6/c1-4-38-27(35)17-33-26(34)16-19(31-33)11-13-24-23-8-6-14-32(23)22-12-10-18(30)15-21(22)28(39-24)20-7-5-9-25(36-2)29(20)37-3/h5-10,12,14-15,24,28H,4,11,13,16-17H2,1-3H3/t24-,28-/m1/s1. The topological polar surface area (TPSA) is 91.6 Å². The third kappa shape index (κ3) is 5.37. The smallest absolute Gasteiger partial charge is 0.327 e. The zero-order valence-electron chi connectivity index (χ0n) is 22.1. The molecular formula is C29H30ClN3O6. The highest BCUT2D eigenvalue weighted by Crippen LogP contribution is 2.46. The Morgan fingerprint density at radius 3 is 2.74 bits per heavy atom.